The van der Waals surface area contributed by atoms with Crippen LogP contribution in [0, 0.1) is 0 Å². The molecule has 0 aliphatic heterocycles. The van der Waals surface area contributed by atoms with Crippen LogP contribution in [0.1, 0.15) is 23.8 Å². The van der Waals surface area contributed by atoms with Gasteiger partial charge in [-0.25, -0.2) is 0 Å². The van der Waals surface area contributed by atoms with Gasteiger partial charge in [0.25, 0.3) is 0 Å². The van der Waals surface area contributed by atoms with Crippen LogP contribution in [0.2, 0.25) is 0 Å². The van der Waals surface area contributed by atoms with Gasteiger partial charge in [0.1, 0.15) is 5.76 Å². The van der Waals surface area contributed by atoms with Crippen LogP contribution in [0.4, 0.5) is 0 Å². The van der Waals surface area contributed by atoms with E-state index in [-0.39, 0.29) is 6.61 Å². The highest BCUT2D eigenvalue weighted by Gasteiger charge is 2.05. The smallest absolute Gasteiger partial charge is 0.105 e. The molecule has 1 atom stereocenters. The van der Waals surface area contributed by atoms with Gasteiger partial charge in [0.2, 0.25) is 0 Å². The van der Waals surface area contributed by atoms with Gasteiger partial charge in [-0.05, 0) is 30.2 Å². The molecule has 1 unspecified atom stereocenters. The molecule has 0 aliphatic rings. The largest absolute Gasteiger partial charge is 0.469 e. The van der Waals surface area contributed by atoms with Gasteiger partial charge >= 0.3 is 0 Å². The molecule has 2 rings (SSSR count). The van der Waals surface area contributed by atoms with Gasteiger partial charge < -0.3 is 14.8 Å². The maximum atomic E-state index is 9.08. The average molecular weight is 245 g/mol. The lowest BCUT2D eigenvalue weighted by molar-refractivity contribution is 0.281. The van der Waals surface area contributed by atoms with Crippen LogP contribution in [0.25, 0.3) is 0 Å². The summed E-state index contributed by atoms with van der Waals surface area (Å²) in [5.74, 6) is 0.999. The molecule has 0 saturated heterocycles. The third kappa shape index (κ3) is 3.72. The highest BCUT2D eigenvalue weighted by Crippen LogP contribution is 2.07. The van der Waals surface area contributed by atoms with E-state index in [0.29, 0.717) is 6.04 Å². The summed E-state index contributed by atoms with van der Waals surface area (Å²) in [4.78, 5) is 0. The lowest BCUT2D eigenvalue weighted by Gasteiger charge is -2.12. The van der Waals surface area contributed by atoms with E-state index in [1.807, 2.05) is 30.3 Å². The summed E-state index contributed by atoms with van der Waals surface area (Å²) < 4.78 is 5.32. The Morgan fingerprint density at radius 3 is 2.78 bits per heavy atom. The number of aliphatic hydroxyl groups excluding tert-OH is 1. The standard InChI is InChI=1S/C15H19NO2/c1-12(8-15-6-3-7-18-15)16-10-13-4-2-5-14(9-13)11-17/h2-7,9,12,16-17H,8,10-11H2,1H3. The molecule has 2 N–H and O–H groups in total. The second-order valence-corrected chi connectivity index (χ2v) is 4.54. The van der Waals surface area contributed by atoms with Crippen LogP contribution < -0.4 is 5.32 Å². The van der Waals surface area contributed by atoms with E-state index >= 15 is 0 Å². The molecule has 18 heavy (non-hydrogen) atoms. The van der Waals surface area contributed by atoms with Gasteiger partial charge in [0, 0.05) is 19.0 Å². The highest BCUT2D eigenvalue weighted by molar-refractivity contribution is 5.22. The second kappa shape index (κ2) is 6.38. The fraction of sp³-hybridized carbons (Fsp3) is 0.333. The van der Waals surface area contributed by atoms with Crippen molar-refractivity contribution < 1.29 is 9.52 Å². The summed E-state index contributed by atoms with van der Waals surface area (Å²) in [6, 6.07) is 12.2. The van der Waals surface area contributed by atoms with Gasteiger partial charge in [0.15, 0.2) is 0 Å². The van der Waals surface area contributed by atoms with Gasteiger partial charge in [0.05, 0.1) is 12.9 Å². The van der Waals surface area contributed by atoms with Crippen molar-refractivity contribution >= 4 is 0 Å². The Hall–Kier alpha value is -1.58. The van der Waals surface area contributed by atoms with Crippen molar-refractivity contribution in [1.82, 2.24) is 5.32 Å². The van der Waals surface area contributed by atoms with E-state index in [2.05, 4.69) is 18.3 Å². The number of furan rings is 1. The lowest BCUT2D eigenvalue weighted by atomic mass is 10.1. The molecule has 0 spiro atoms. The molecule has 3 heteroatoms. The lowest BCUT2D eigenvalue weighted by Crippen LogP contribution is -2.27. The van der Waals surface area contributed by atoms with Crippen molar-refractivity contribution in [2.75, 3.05) is 0 Å². The summed E-state index contributed by atoms with van der Waals surface area (Å²) in [7, 11) is 0. The minimum absolute atomic E-state index is 0.0930. The average Bonchev–Trinajstić information content (AvgIpc) is 2.89. The van der Waals surface area contributed by atoms with Crippen molar-refractivity contribution in [3.8, 4) is 0 Å². The Bertz CT molecular complexity index is 465. The first-order chi connectivity index (χ1) is 8.78. The van der Waals surface area contributed by atoms with Crippen molar-refractivity contribution in [1.29, 1.82) is 0 Å². The number of nitrogens with one attached hydrogen (secondary N) is 1. The molecule has 0 aliphatic carbocycles. The van der Waals surface area contributed by atoms with E-state index in [4.69, 9.17) is 9.52 Å². The molecule has 0 saturated carbocycles. The third-order valence-electron chi connectivity index (χ3n) is 2.92. The molecule has 1 aromatic heterocycles. The zero-order chi connectivity index (χ0) is 12.8. The predicted octanol–water partition coefficient (Wildman–Crippen LogP) is 2.49. The summed E-state index contributed by atoms with van der Waals surface area (Å²) in [5.41, 5.74) is 2.14. The number of aliphatic hydroxyl groups is 1. The van der Waals surface area contributed by atoms with Gasteiger partial charge in [-0.2, -0.15) is 0 Å². The Morgan fingerprint density at radius 1 is 1.22 bits per heavy atom. The van der Waals surface area contributed by atoms with E-state index in [9.17, 15) is 0 Å². The zero-order valence-corrected chi connectivity index (χ0v) is 10.6. The molecule has 1 heterocycles. The Labute approximate surface area is 107 Å². The first-order valence-corrected chi connectivity index (χ1v) is 6.22. The number of hydrogen-bond acceptors (Lipinski definition) is 3. The predicted molar refractivity (Wildman–Crippen MR) is 71.1 cm³/mol. The van der Waals surface area contributed by atoms with Gasteiger partial charge in [-0.15, -0.1) is 0 Å². The molecule has 0 radical (unpaired) electrons. The first-order valence-electron chi connectivity index (χ1n) is 6.22. The van der Waals surface area contributed by atoms with Gasteiger partial charge in [-0.1, -0.05) is 24.3 Å². The Kier molecular flexibility index (Phi) is 4.56. The zero-order valence-electron chi connectivity index (χ0n) is 10.6. The van der Waals surface area contributed by atoms with Crippen LogP contribution in [0.3, 0.4) is 0 Å². The summed E-state index contributed by atoms with van der Waals surface area (Å²) in [5, 5.41) is 12.5. The maximum absolute atomic E-state index is 9.08. The van der Waals surface area contributed by atoms with Crippen LogP contribution >= 0.6 is 0 Å². The maximum Gasteiger partial charge on any atom is 0.105 e. The number of rotatable bonds is 6. The molecule has 96 valence electrons. The molecular weight excluding hydrogens is 226 g/mol. The van der Waals surface area contributed by atoms with Crippen molar-refractivity contribution in [2.24, 2.45) is 0 Å². The summed E-state index contributed by atoms with van der Waals surface area (Å²) in [6.45, 7) is 3.03. The normalized spacial score (nSPS) is 12.6. The van der Waals surface area contributed by atoms with Crippen LogP contribution in [0.5, 0.6) is 0 Å². The third-order valence-corrected chi connectivity index (χ3v) is 2.92. The minimum atomic E-state index is 0.0930. The van der Waals surface area contributed by atoms with E-state index < -0.39 is 0 Å². The quantitative estimate of drug-likeness (QED) is 0.822. The highest BCUT2D eigenvalue weighted by atomic mass is 16.3. The molecule has 0 bridgehead atoms. The fourth-order valence-corrected chi connectivity index (χ4v) is 1.93. The van der Waals surface area contributed by atoms with Crippen LogP contribution in [0.15, 0.2) is 47.1 Å². The Balaban J connectivity index is 1.83. The fourth-order valence-electron chi connectivity index (χ4n) is 1.93. The molecule has 3 nitrogen and oxygen atoms in total. The number of hydrogen-bond donors (Lipinski definition) is 2. The molecule has 0 fully saturated rings. The molecule has 1 aromatic carbocycles. The van der Waals surface area contributed by atoms with Crippen molar-refractivity contribution in [3.63, 3.8) is 0 Å². The SMILES string of the molecule is CC(Cc1ccco1)NCc1cccc(CO)c1. The van der Waals surface area contributed by atoms with Crippen molar-refractivity contribution in [3.05, 3.63) is 59.5 Å². The summed E-state index contributed by atoms with van der Waals surface area (Å²) >= 11 is 0. The van der Waals surface area contributed by atoms with E-state index in [1.54, 1.807) is 6.26 Å². The second-order valence-electron chi connectivity index (χ2n) is 4.54. The molecule has 0 amide bonds. The summed E-state index contributed by atoms with van der Waals surface area (Å²) in [6.07, 6.45) is 2.58. The van der Waals surface area contributed by atoms with Crippen LogP contribution in [-0.4, -0.2) is 11.1 Å². The van der Waals surface area contributed by atoms with Gasteiger partial charge in [-0.3, -0.25) is 0 Å². The monoisotopic (exact) mass is 245 g/mol. The first kappa shape index (κ1) is 12.9. The van der Waals surface area contributed by atoms with Crippen LogP contribution in [-0.2, 0) is 19.6 Å². The van der Waals surface area contributed by atoms with Crippen molar-refractivity contribution in [2.45, 2.75) is 32.5 Å². The Morgan fingerprint density at radius 2 is 2.06 bits per heavy atom. The topological polar surface area (TPSA) is 45.4 Å². The van der Waals surface area contributed by atoms with E-state index in [0.717, 1.165) is 24.3 Å². The molecule has 2 aromatic rings. The number of benzene rings is 1. The molecular formula is C15H19NO2. The van der Waals surface area contributed by atoms with E-state index in [1.165, 1.54) is 5.56 Å². The minimum Gasteiger partial charge on any atom is -0.469 e.